The summed E-state index contributed by atoms with van der Waals surface area (Å²) in [5, 5.41) is 2.97. The summed E-state index contributed by atoms with van der Waals surface area (Å²) in [5.41, 5.74) is 0.549. The molecule has 1 fully saturated rings. The molecule has 0 aliphatic carbocycles. The third-order valence-electron chi connectivity index (χ3n) is 4.05. The zero-order valence-electron chi connectivity index (χ0n) is 14.0. The number of carbonyl (C=O) groups is 1. The van der Waals surface area contributed by atoms with Crippen LogP contribution in [0.25, 0.3) is 0 Å². The van der Waals surface area contributed by atoms with Crippen molar-refractivity contribution in [2.75, 3.05) is 20.3 Å². The summed E-state index contributed by atoms with van der Waals surface area (Å²) in [6.07, 6.45) is 3.06. The lowest BCUT2D eigenvalue weighted by molar-refractivity contribution is 0.0557. The Kier molecular flexibility index (Phi) is 6.04. The molecular formula is C18H25NO4. The fraction of sp³-hybridized carbons (Fsp3) is 0.500. The molecule has 3 unspecified atom stereocenters. The van der Waals surface area contributed by atoms with Crippen molar-refractivity contribution in [2.24, 2.45) is 5.92 Å². The summed E-state index contributed by atoms with van der Waals surface area (Å²) in [5.74, 6) is 1.36. The molecule has 126 valence electrons. The highest BCUT2D eigenvalue weighted by molar-refractivity contribution is 5.94. The van der Waals surface area contributed by atoms with Crippen molar-refractivity contribution in [3.8, 4) is 11.5 Å². The molecule has 0 aromatic heterocycles. The van der Waals surface area contributed by atoms with E-state index in [1.807, 2.05) is 0 Å². The number of ether oxygens (including phenoxy) is 3. The molecule has 0 radical (unpaired) electrons. The molecule has 1 aliphatic heterocycles. The van der Waals surface area contributed by atoms with Crippen LogP contribution in [-0.4, -0.2) is 38.4 Å². The Morgan fingerprint density at radius 1 is 1.43 bits per heavy atom. The highest BCUT2D eigenvalue weighted by Crippen LogP contribution is 2.28. The van der Waals surface area contributed by atoms with Gasteiger partial charge >= 0.3 is 0 Å². The molecule has 1 N–H and O–H groups in total. The molecule has 1 saturated heterocycles. The van der Waals surface area contributed by atoms with E-state index in [-0.39, 0.29) is 18.1 Å². The normalized spacial score (nSPS) is 23.3. The number of nitrogens with one attached hydrogen (secondary N) is 1. The minimum absolute atomic E-state index is 0.120. The summed E-state index contributed by atoms with van der Waals surface area (Å²) in [6, 6.07) is 5.15. The highest BCUT2D eigenvalue weighted by atomic mass is 16.5. The van der Waals surface area contributed by atoms with Gasteiger partial charge in [0.2, 0.25) is 0 Å². The third-order valence-corrected chi connectivity index (χ3v) is 4.05. The van der Waals surface area contributed by atoms with Crippen LogP contribution in [0.2, 0.25) is 0 Å². The van der Waals surface area contributed by atoms with E-state index < -0.39 is 0 Å². The molecule has 1 aromatic rings. The van der Waals surface area contributed by atoms with E-state index in [1.54, 1.807) is 31.4 Å². The van der Waals surface area contributed by atoms with E-state index in [0.29, 0.717) is 36.1 Å². The number of methoxy groups -OCH3 is 1. The lowest BCUT2D eigenvalue weighted by Gasteiger charge is -2.15. The first kappa shape index (κ1) is 17.3. The van der Waals surface area contributed by atoms with Crippen molar-refractivity contribution < 1.29 is 19.0 Å². The van der Waals surface area contributed by atoms with Gasteiger partial charge in [0.1, 0.15) is 6.61 Å². The van der Waals surface area contributed by atoms with Gasteiger partial charge in [-0.15, -0.1) is 0 Å². The van der Waals surface area contributed by atoms with E-state index in [9.17, 15) is 4.79 Å². The summed E-state index contributed by atoms with van der Waals surface area (Å²) in [6.45, 7) is 8.72. The number of benzene rings is 1. The summed E-state index contributed by atoms with van der Waals surface area (Å²) < 4.78 is 16.5. The van der Waals surface area contributed by atoms with Gasteiger partial charge in [0.25, 0.3) is 5.91 Å². The zero-order valence-corrected chi connectivity index (χ0v) is 14.0. The van der Waals surface area contributed by atoms with Gasteiger partial charge in [0.15, 0.2) is 11.5 Å². The average Bonchev–Trinajstić information content (AvgIpc) is 2.88. The first-order valence-electron chi connectivity index (χ1n) is 7.90. The largest absolute Gasteiger partial charge is 0.493 e. The fourth-order valence-corrected chi connectivity index (χ4v) is 2.80. The molecular weight excluding hydrogens is 294 g/mol. The topological polar surface area (TPSA) is 56.8 Å². The second-order valence-electron chi connectivity index (χ2n) is 5.82. The molecule has 3 atom stereocenters. The molecule has 5 nitrogen and oxygen atoms in total. The monoisotopic (exact) mass is 319 g/mol. The predicted molar refractivity (Wildman–Crippen MR) is 89.1 cm³/mol. The van der Waals surface area contributed by atoms with Gasteiger partial charge in [-0.25, -0.2) is 0 Å². The number of rotatable bonds is 7. The first-order chi connectivity index (χ1) is 11.0. The van der Waals surface area contributed by atoms with Crippen LogP contribution >= 0.6 is 0 Å². The van der Waals surface area contributed by atoms with E-state index in [1.165, 1.54) is 0 Å². The van der Waals surface area contributed by atoms with Crippen LogP contribution in [0.4, 0.5) is 0 Å². The maximum atomic E-state index is 12.3. The van der Waals surface area contributed by atoms with Crippen LogP contribution in [0.15, 0.2) is 30.9 Å². The second kappa shape index (κ2) is 8.02. The molecule has 2 rings (SSSR count). The number of hydrogen-bond acceptors (Lipinski definition) is 4. The van der Waals surface area contributed by atoms with Crippen molar-refractivity contribution >= 4 is 5.91 Å². The zero-order chi connectivity index (χ0) is 16.8. The van der Waals surface area contributed by atoms with Gasteiger partial charge in [0, 0.05) is 18.0 Å². The van der Waals surface area contributed by atoms with E-state index in [0.717, 1.165) is 6.42 Å². The predicted octanol–water partition coefficient (Wildman–Crippen LogP) is 2.80. The Labute approximate surface area is 137 Å². The lowest BCUT2D eigenvalue weighted by atomic mass is 10.0. The number of amides is 1. The first-order valence-corrected chi connectivity index (χ1v) is 7.90. The van der Waals surface area contributed by atoms with E-state index >= 15 is 0 Å². The van der Waals surface area contributed by atoms with Crippen molar-refractivity contribution in [1.29, 1.82) is 0 Å². The lowest BCUT2D eigenvalue weighted by Crippen LogP contribution is -2.31. The Morgan fingerprint density at radius 3 is 2.83 bits per heavy atom. The van der Waals surface area contributed by atoms with Crippen molar-refractivity contribution in [2.45, 2.75) is 32.5 Å². The van der Waals surface area contributed by atoms with Crippen LogP contribution in [0.3, 0.4) is 0 Å². The van der Waals surface area contributed by atoms with Crippen LogP contribution in [-0.2, 0) is 4.74 Å². The third kappa shape index (κ3) is 4.48. The van der Waals surface area contributed by atoms with Crippen molar-refractivity contribution in [3.05, 3.63) is 36.4 Å². The fourth-order valence-electron chi connectivity index (χ4n) is 2.80. The highest BCUT2D eigenvalue weighted by Gasteiger charge is 2.29. The minimum atomic E-state index is -0.120. The van der Waals surface area contributed by atoms with Gasteiger partial charge in [-0.3, -0.25) is 4.79 Å². The summed E-state index contributed by atoms with van der Waals surface area (Å²) >= 11 is 0. The summed E-state index contributed by atoms with van der Waals surface area (Å²) in [7, 11) is 1.55. The Balaban J connectivity index is 1.97. The van der Waals surface area contributed by atoms with E-state index in [4.69, 9.17) is 14.2 Å². The van der Waals surface area contributed by atoms with Crippen LogP contribution in [0, 0.1) is 5.92 Å². The summed E-state index contributed by atoms with van der Waals surface area (Å²) in [4.78, 5) is 12.3. The SMILES string of the molecule is C=CCOc1ccc(C(=O)NCC2CC(C)OC2C)cc1OC. The Morgan fingerprint density at radius 2 is 2.22 bits per heavy atom. The molecule has 1 heterocycles. The average molecular weight is 319 g/mol. The molecule has 1 aliphatic rings. The van der Waals surface area contributed by atoms with Crippen molar-refractivity contribution in [1.82, 2.24) is 5.32 Å². The minimum Gasteiger partial charge on any atom is -0.493 e. The second-order valence-corrected chi connectivity index (χ2v) is 5.82. The van der Waals surface area contributed by atoms with Gasteiger partial charge in [-0.2, -0.15) is 0 Å². The van der Waals surface area contributed by atoms with Gasteiger partial charge < -0.3 is 19.5 Å². The van der Waals surface area contributed by atoms with Gasteiger partial charge in [-0.1, -0.05) is 12.7 Å². The number of carbonyl (C=O) groups excluding carboxylic acids is 1. The standard InChI is InChI=1S/C18H25NO4/c1-5-8-22-16-7-6-14(10-17(16)21-4)18(20)19-11-15-9-12(2)23-13(15)3/h5-7,10,12-13,15H,1,8-9,11H2,2-4H3,(H,19,20). The van der Waals surface area contributed by atoms with Crippen LogP contribution < -0.4 is 14.8 Å². The smallest absolute Gasteiger partial charge is 0.251 e. The van der Waals surface area contributed by atoms with E-state index in [2.05, 4.69) is 25.7 Å². The molecule has 1 aromatic carbocycles. The molecule has 0 spiro atoms. The molecule has 23 heavy (non-hydrogen) atoms. The Bertz CT molecular complexity index is 558. The quantitative estimate of drug-likeness (QED) is 0.785. The molecule has 0 saturated carbocycles. The van der Waals surface area contributed by atoms with Gasteiger partial charge in [-0.05, 0) is 38.5 Å². The van der Waals surface area contributed by atoms with Crippen molar-refractivity contribution in [3.63, 3.8) is 0 Å². The maximum Gasteiger partial charge on any atom is 0.251 e. The molecule has 0 bridgehead atoms. The number of hydrogen-bond donors (Lipinski definition) is 1. The molecule has 5 heteroatoms. The van der Waals surface area contributed by atoms with Crippen LogP contribution in [0.1, 0.15) is 30.6 Å². The molecule has 1 amide bonds. The maximum absolute atomic E-state index is 12.3. The van der Waals surface area contributed by atoms with Crippen LogP contribution in [0.5, 0.6) is 11.5 Å². The van der Waals surface area contributed by atoms with Gasteiger partial charge in [0.05, 0.1) is 19.3 Å². The Hall–Kier alpha value is -2.01.